The maximum Gasteiger partial charge on any atom is 0.262 e. The van der Waals surface area contributed by atoms with E-state index in [9.17, 15) is 13.9 Å². The summed E-state index contributed by atoms with van der Waals surface area (Å²) in [7, 11) is 0. The summed E-state index contributed by atoms with van der Waals surface area (Å²) in [5.74, 6) is -0.0407. The van der Waals surface area contributed by atoms with E-state index in [0.717, 1.165) is 11.3 Å². The highest BCUT2D eigenvalue weighted by atomic mass is 32.2. The minimum Gasteiger partial charge on any atom is -0.396 e. The van der Waals surface area contributed by atoms with Crippen LogP contribution < -0.4 is 0 Å². The van der Waals surface area contributed by atoms with Crippen molar-refractivity contribution < 1.29 is 13.9 Å². The molecule has 0 bridgehead atoms. The van der Waals surface area contributed by atoms with E-state index in [1.165, 1.54) is 4.31 Å². The molecule has 0 saturated carbocycles. The largest absolute Gasteiger partial charge is 0.396 e. The first-order chi connectivity index (χ1) is 8.06. The highest BCUT2D eigenvalue weighted by Gasteiger charge is 2.35. The minimum atomic E-state index is -2.08. The van der Waals surface area contributed by atoms with Crippen LogP contribution in [0.2, 0.25) is 0 Å². The molecule has 4 nitrogen and oxygen atoms in total. The van der Waals surface area contributed by atoms with E-state index in [1.807, 2.05) is 26.0 Å². The van der Waals surface area contributed by atoms with Gasteiger partial charge in [-0.15, -0.1) is 0 Å². The lowest BCUT2D eigenvalue weighted by molar-refractivity contribution is 0.156. The van der Waals surface area contributed by atoms with Crippen molar-refractivity contribution in [2.75, 3.05) is 6.61 Å². The average molecular weight is 257 g/mol. The Morgan fingerprint density at radius 1 is 1.65 bits per heavy atom. The van der Waals surface area contributed by atoms with Gasteiger partial charge >= 0.3 is 0 Å². The van der Waals surface area contributed by atoms with Gasteiger partial charge in [-0.25, -0.2) is 4.21 Å². The predicted molar refractivity (Wildman–Crippen MR) is 69.3 cm³/mol. The first-order valence-corrected chi connectivity index (χ1v) is 6.62. The molecule has 96 valence electrons. The summed E-state index contributed by atoms with van der Waals surface area (Å²) in [5, 5.41) is 9.33. The van der Waals surface area contributed by atoms with Crippen molar-refractivity contribution in [3.05, 3.63) is 36.1 Å². The van der Waals surface area contributed by atoms with Crippen LogP contribution in [0.15, 0.2) is 36.1 Å². The van der Waals surface area contributed by atoms with Crippen LogP contribution in [0.5, 0.6) is 0 Å². The third kappa shape index (κ3) is 2.86. The topological polar surface area (TPSA) is 60.8 Å². The van der Waals surface area contributed by atoms with Crippen LogP contribution in [-0.4, -0.2) is 30.8 Å². The molecule has 1 heterocycles. The minimum absolute atomic E-state index is 0.000341. The number of rotatable bonds is 3. The number of hydrogen-bond donors (Lipinski definition) is 2. The molecule has 1 aliphatic rings. The molecule has 1 rings (SSSR count). The maximum atomic E-state index is 11.4. The molecule has 2 N–H and O–H groups in total. The maximum absolute atomic E-state index is 11.4. The summed E-state index contributed by atoms with van der Waals surface area (Å²) in [4.78, 5) is 0. The van der Waals surface area contributed by atoms with E-state index >= 15 is 0 Å². The summed E-state index contributed by atoms with van der Waals surface area (Å²) in [6.45, 7) is 7.32. The third-order valence-electron chi connectivity index (χ3n) is 3.10. The molecule has 5 heteroatoms. The molecule has 0 aromatic rings. The van der Waals surface area contributed by atoms with Gasteiger partial charge in [0.1, 0.15) is 0 Å². The number of allylic oxidation sites excluding steroid dienone is 4. The molecule has 3 atom stereocenters. The van der Waals surface area contributed by atoms with Crippen molar-refractivity contribution >= 4 is 11.3 Å². The average Bonchev–Trinajstić information content (AvgIpc) is 2.30. The quantitative estimate of drug-likeness (QED) is 0.758. The molecule has 17 heavy (non-hydrogen) atoms. The van der Waals surface area contributed by atoms with Gasteiger partial charge in [-0.2, -0.15) is 0 Å². The summed E-state index contributed by atoms with van der Waals surface area (Å²) in [5.41, 5.74) is 1.67. The van der Waals surface area contributed by atoms with Crippen LogP contribution in [0.4, 0.5) is 0 Å². The van der Waals surface area contributed by atoms with Crippen molar-refractivity contribution in [2.45, 2.75) is 26.3 Å². The molecule has 0 amide bonds. The summed E-state index contributed by atoms with van der Waals surface area (Å²) >= 11 is -2.08. The fraction of sp³-hybridized carbons (Fsp3) is 0.500. The molecule has 1 fully saturated rings. The first-order valence-electron chi connectivity index (χ1n) is 5.56. The molecule has 0 spiro atoms. The zero-order chi connectivity index (χ0) is 13.0. The summed E-state index contributed by atoms with van der Waals surface area (Å²) in [6, 6.07) is -0.168. The Labute approximate surface area is 105 Å². The second kappa shape index (κ2) is 6.14. The zero-order valence-electron chi connectivity index (χ0n) is 10.2. The van der Waals surface area contributed by atoms with Crippen molar-refractivity contribution in [3.63, 3.8) is 0 Å². The summed E-state index contributed by atoms with van der Waals surface area (Å²) < 4.78 is 22.2. The van der Waals surface area contributed by atoms with E-state index in [4.69, 9.17) is 0 Å². The standard InChI is InChI=1S/C12H19NO3S/c1-4-6-10-7-11(8-14)9(3)13(17(15)16)12(10)5-2/h4-6,9,11,14H,1,7-8H2,2-3H3,(H,15,16)/b10-6-,12-5+/t9-,11+/m1/s1. The van der Waals surface area contributed by atoms with Gasteiger partial charge in [-0.3, -0.25) is 8.86 Å². The number of piperidine rings is 1. The van der Waals surface area contributed by atoms with Crippen LogP contribution in [0.1, 0.15) is 20.3 Å². The normalized spacial score (nSPS) is 31.9. The highest BCUT2D eigenvalue weighted by molar-refractivity contribution is 7.76. The second-order valence-electron chi connectivity index (χ2n) is 4.05. The Morgan fingerprint density at radius 3 is 2.71 bits per heavy atom. The van der Waals surface area contributed by atoms with Gasteiger partial charge in [0, 0.05) is 18.6 Å². The smallest absolute Gasteiger partial charge is 0.262 e. The Kier molecular flexibility index (Phi) is 5.11. The fourth-order valence-electron chi connectivity index (χ4n) is 2.16. The van der Waals surface area contributed by atoms with E-state index in [0.29, 0.717) is 6.42 Å². The van der Waals surface area contributed by atoms with Crippen molar-refractivity contribution in [1.82, 2.24) is 4.31 Å². The Morgan fingerprint density at radius 2 is 2.29 bits per heavy atom. The molecule has 1 unspecified atom stereocenters. The van der Waals surface area contributed by atoms with Gasteiger partial charge in [-0.05, 0) is 25.8 Å². The Bertz CT molecular complexity index is 376. The monoisotopic (exact) mass is 257 g/mol. The molecule has 0 aromatic heterocycles. The van der Waals surface area contributed by atoms with Crippen LogP contribution in [0, 0.1) is 5.92 Å². The Hall–Kier alpha value is -0.910. The molecule has 1 aliphatic heterocycles. The second-order valence-corrected chi connectivity index (χ2v) is 4.90. The van der Waals surface area contributed by atoms with Crippen molar-refractivity contribution in [1.29, 1.82) is 0 Å². The number of nitrogens with zero attached hydrogens (tertiary/aromatic N) is 1. The van der Waals surface area contributed by atoms with Crippen LogP contribution in [-0.2, 0) is 11.3 Å². The van der Waals surface area contributed by atoms with Gasteiger partial charge in [-0.1, -0.05) is 24.8 Å². The lowest BCUT2D eigenvalue weighted by atomic mass is 9.87. The molecule has 0 aliphatic carbocycles. The number of aliphatic hydroxyl groups is 1. The van der Waals surface area contributed by atoms with Gasteiger partial charge in [0.2, 0.25) is 0 Å². The lowest BCUT2D eigenvalue weighted by Crippen LogP contribution is -2.44. The fourth-order valence-corrected chi connectivity index (χ4v) is 3.01. The number of hydrogen-bond acceptors (Lipinski definition) is 2. The van der Waals surface area contributed by atoms with E-state index < -0.39 is 11.3 Å². The van der Waals surface area contributed by atoms with Gasteiger partial charge in [0.05, 0.1) is 5.70 Å². The van der Waals surface area contributed by atoms with Crippen LogP contribution >= 0.6 is 0 Å². The lowest BCUT2D eigenvalue weighted by Gasteiger charge is -2.40. The van der Waals surface area contributed by atoms with E-state index in [-0.39, 0.29) is 18.6 Å². The Balaban J connectivity index is 3.19. The third-order valence-corrected chi connectivity index (χ3v) is 3.96. The van der Waals surface area contributed by atoms with Crippen LogP contribution in [0.25, 0.3) is 0 Å². The predicted octanol–water partition coefficient (Wildman–Crippen LogP) is 1.84. The molecular formula is C12H19NO3S. The summed E-state index contributed by atoms with van der Waals surface area (Å²) in [6.07, 6.45) is 5.98. The van der Waals surface area contributed by atoms with Crippen LogP contribution in [0.3, 0.4) is 0 Å². The SMILES string of the molecule is C=C/C=C1/C[C@@H](CO)[C@@H](C)N(S(=O)O)/C1=C/C. The molecular weight excluding hydrogens is 238 g/mol. The molecule has 0 radical (unpaired) electrons. The molecule has 1 saturated heterocycles. The van der Waals surface area contributed by atoms with Gasteiger partial charge < -0.3 is 5.11 Å². The van der Waals surface area contributed by atoms with Crippen molar-refractivity contribution in [3.8, 4) is 0 Å². The number of aliphatic hydroxyl groups excluding tert-OH is 1. The molecule has 0 aromatic carbocycles. The van der Waals surface area contributed by atoms with E-state index in [2.05, 4.69) is 6.58 Å². The van der Waals surface area contributed by atoms with Gasteiger partial charge in [0.15, 0.2) is 0 Å². The van der Waals surface area contributed by atoms with Gasteiger partial charge in [0.25, 0.3) is 11.3 Å². The highest BCUT2D eigenvalue weighted by Crippen LogP contribution is 2.35. The van der Waals surface area contributed by atoms with E-state index in [1.54, 1.807) is 6.08 Å². The van der Waals surface area contributed by atoms with Crippen molar-refractivity contribution in [2.24, 2.45) is 5.92 Å². The first kappa shape index (κ1) is 14.2. The zero-order valence-corrected chi connectivity index (χ0v) is 11.0.